The Morgan fingerprint density at radius 3 is 2.67 bits per heavy atom. The molecule has 1 heterocycles. The van der Waals surface area contributed by atoms with E-state index in [0.717, 1.165) is 29.5 Å². The molecule has 1 aromatic rings. The van der Waals surface area contributed by atoms with Crippen molar-refractivity contribution in [3.05, 3.63) is 32.4 Å². The van der Waals surface area contributed by atoms with Crippen LogP contribution in [0, 0.1) is 3.57 Å². The van der Waals surface area contributed by atoms with Crippen molar-refractivity contribution in [3.63, 3.8) is 0 Å². The Balaban J connectivity index is 2.05. The third kappa shape index (κ3) is 3.16. The Kier molecular flexibility index (Phi) is 4.86. The lowest BCUT2D eigenvalue weighted by atomic mass is 10.1. The normalized spacial score (nSPS) is 16.9. The number of carbonyl (C=O) groups excluding carboxylic acids is 1. The topological polar surface area (TPSA) is 29.5 Å². The highest BCUT2D eigenvalue weighted by Gasteiger charge is 2.23. The van der Waals surface area contributed by atoms with Crippen LogP contribution in [0.2, 0.25) is 5.02 Å². The first kappa shape index (κ1) is 14.1. The second-order valence-electron chi connectivity index (χ2n) is 4.36. The molecular formula is C13H15ClINO2. The minimum absolute atomic E-state index is 0.0582. The maximum absolute atomic E-state index is 12.3. The first-order valence-electron chi connectivity index (χ1n) is 5.89. The number of nitrogens with zero attached hydrogens (tertiary/aromatic N) is 1. The zero-order valence-corrected chi connectivity index (χ0v) is 13.1. The minimum atomic E-state index is 0.0582. The molecule has 0 saturated carbocycles. The molecule has 5 heteroatoms. The molecule has 0 unspecified atom stereocenters. The Hall–Kier alpha value is -0.330. The van der Waals surface area contributed by atoms with Crippen molar-refractivity contribution < 1.29 is 9.53 Å². The van der Waals surface area contributed by atoms with Crippen LogP contribution in [0.25, 0.3) is 0 Å². The van der Waals surface area contributed by atoms with Crippen LogP contribution >= 0.6 is 34.2 Å². The summed E-state index contributed by atoms with van der Waals surface area (Å²) in [6, 6.07) is 5.45. The van der Waals surface area contributed by atoms with Gasteiger partial charge in [-0.15, -0.1) is 0 Å². The summed E-state index contributed by atoms with van der Waals surface area (Å²) in [5, 5.41) is 0.633. The van der Waals surface area contributed by atoms with Crippen molar-refractivity contribution in [3.8, 4) is 0 Å². The Morgan fingerprint density at radius 2 is 2.11 bits per heavy atom. The summed E-state index contributed by atoms with van der Waals surface area (Å²) < 4.78 is 6.26. The molecule has 2 rings (SSSR count). The van der Waals surface area contributed by atoms with Gasteiger partial charge in [-0.25, -0.2) is 0 Å². The van der Waals surface area contributed by atoms with E-state index in [9.17, 15) is 4.79 Å². The molecule has 98 valence electrons. The summed E-state index contributed by atoms with van der Waals surface area (Å²) in [5.41, 5.74) is 0.663. The quantitative estimate of drug-likeness (QED) is 0.739. The summed E-state index contributed by atoms with van der Waals surface area (Å²) in [4.78, 5) is 14.2. The van der Waals surface area contributed by atoms with Crippen LogP contribution in [0.3, 0.4) is 0 Å². The lowest BCUT2D eigenvalue weighted by Crippen LogP contribution is -2.40. The molecule has 0 aromatic heterocycles. The van der Waals surface area contributed by atoms with E-state index in [2.05, 4.69) is 22.6 Å². The van der Waals surface area contributed by atoms with E-state index in [1.165, 1.54) is 0 Å². The Labute approximate surface area is 126 Å². The number of likely N-dealkylation sites (tertiary alicyclic amines) is 1. The van der Waals surface area contributed by atoms with E-state index in [4.69, 9.17) is 16.3 Å². The molecule has 1 aliphatic heterocycles. The molecule has 0 spiro atoms. The average molecular weight is 380 g/mol. The highest BCUT2D eigenvalue weighted by Crippen LogP contribution is 2.22. The van der Waals surface area contributed by atoms with Gasteiger partial charge in [0.15, 0.2) is 0 Å². The molecule has 1 fully saturated rings. The number of halogens is 2. The minimum Gasteiger partial charge on any atom is -0.381 e. The van der Waals surface area contributed by atoms with Gasteiger partial charge in [0.25, 0.3) is 5.91 Å². The summed E-state index contributed by atoms with van der Waals surface area (Å²) in [6.07, 6.45) is 2.09. The van der Waals surface area contributed by atoms with E-state index >= 15 is 0 Å². The molecule has 18 heavy (non-hydrogen) atoms. The van der Waals surface area contributed by atoms with Crippen molar-refractivity contribution in [2.24, 2.45) is 0 Å². The van der Waals surface area contributed by atoms with Crippen molar-refractivity contribution >= 4 is 40.1 Å². The summed E-state index contributed by atoms with van der Waals surface area (Å²) >= 11 is 8.20. The van der Waals surface area contributed by atoms with Gasteiger partial charge >= 0.3 is 0 Å². The maximum atomic E-state index is 12.3. The first-order chi connectivity index (χ1) is 8.61. The second kappa shape index (κ2) is 6.21. The molecule has 1 saturated heterocycles. The smallest absolute Gasteiger partial charge is 0.253 e. The molecule has 0 radical (unpaired) electrons. The summed E-state index contributed by atoms with van der Waals surface area (Å²) in [7, 11) is 1.72. The lowest BCUT2D eigenvalue weighted by Gasteiger charge is -2.31. The van der Waals surface area contributed by atoms with Crippen molar-refractivity contribution in [1.29, 1.82) is 0 Å². The van der Waals surface area contributed by atoms with E-state index in [1.807, 2.05) is 17.0 Å². The van der Waals surface area contributed by atoms with Gasteiger partial charge in [0.1, 0.15) is 0 Å². The highest BCUT2D eigenvalue weighted by molar-refractivity contribution is 14.1. The van der Waals surface area contributed by atoms with Gasteiger partial charge in [0.2, 0.25) is 0 Å². The molecule has 1 aliphatic rings. The third-order valence-corrected chi connectivity index (χ3v) is 4.80. The van der Waals surface area contributed by atoms with Gasteiger partial charge in [-0.05, 0) is 53.6 Å². The fourth-order valence-corrected chi connectivity index (χ4v) is 2.62. The van der Waals surface area contributed by atoms with Crippen LogP contribution in [0.5, 0.6) is 0 Å². The zero-order chi connectivity index (χ0) is 13.1. The van der Waals surface area contributed by atoms with E-state index < -0.39 is 0 Å². The van der Waals surface area contributed by atoms with Gasteiger partial charge < -0.3 is 9.64 Å². The molecule has 0 aliphatic carbocycles. The van der Waals surface area contributed by atoms with Crippen LogP contribution < -0.4 is 0 Å². The number of ether oxygens (including phenoxy) is 1. The van der Waals surface area contributed by atoms with Crippen molar-refractivity contribution in [2.45, 2.75) is 18.9 Å². The number of carbonyl (C=O) groups is 1. The van der Waals surface area contributed by atoms with Gasteiger partial charge in [-0.1, -0.05) is 11.6 Å². The van der Waals surface area contributed by atoms with Gasteiger partial charge in [0.05, 0.1) is 11.1 Å². The number of methoxy groups -OCH3 is 1. The fourth-order valence-electron chi connectivity index (χ4n) is 2.11. The molecule has 0 bridgehead atoms. The monoisotopic (exact) mass is 379 g/mol. The Bertz CT molecular complexity index is 445. The van der Waals surface area contributed by atoms with Gasteiger partial charge in [-0.3, -0.25) is 4.79 Å². The number of hydrogen-bond donors (Lipinski definition) is 0. The van der Waals surface area contributed by atoms with E-state index in [1.54, 1.807) is 13.2 Å². The van der Waals surface area contributed by atoms with Crippen LogP contribution in [0.4, 0.5) is 0 Å². The predicted molar refractivity (Wildman–Crippen MR) is 80.1 cm³/mol. The van der Waals surface area contributed by atoms with E-state index in [-0.39, 0.29) is 12.0 Å². The largest absolute Gasteiger partial charge is 0.381 e. The summed E-state index contributed by atoms with van der Waals surface area (Å²) in [6.45, 7) is 1.50. The zero-order valence-electron chi connectivity index (χ0n) is 10.2. The van der Waals surface area contributed by atoms with Crippen molar-refractivity contribution in [2.75, 3.05) is 20.2 Å². The maximum Gasteiger partial charge on any atom is 0.253 e. The summed E-state index contributed by atoms with van der Waals surface area (Å²) in [5.74, 6) is 0.0582. The van der Waals surface area contributed by atoms with Crippen LogP contribution in [0.15, 0.2) is 18.2 Å². The molecule has 0 N–H and O–H groups in total. The molecular weight excluding hydrogens is 365 g/mol. The lowest BCUT2D eigenvalue weighted by molar-refractivity contribution is 0.0351. The predicted octanol–water partition coefficient (Wildman–Crippen LogP) is 3.20. The van der Waals surface area contributed by atoms with Crippen LogP contribution in [-0.4, -0.2) is 37.1 Å². The van der Waals surface area contributed by atoms with Crippen LogP contribution in [-0.2, 0) is 4.74 Å². The number of hydrogen-bond acceptors (Lipinski definition) is 2. The SMILES string of the molecule is COC1CCN(C(=O)c2ccc(I)c(Cl)c2)CC1. The standard InChI is InChI=1S/C13H15ClINO2/c1-18-10-4-6-16(7-5-10)13(17)9-2-3-12(15)11(14)8-9/h2-3,8,10H,4-7H2,1H3. The number of piperidine rings is 1. The van der Waals surface area contributed by atoms with Gasteiger partial charge in [-0.2, -0.15) is 0 Å². The number of rotatable bonds is 2. The molecule has 1 aromatic carbocycles. The number of benzene rings is 1. The average Bonchev–Trinajstić information content (AvgIpc) is 2.41. The first-order valence-corrected chi connectivity index (χ1v) is 7.34. The molecule has 0 atom stereocenters. The molecule has 1 amide bonds. The second-order valence-corrected chi connectivity index (χ2v) is 5.93. The fraction of sp³-hybridized carbons (Fsp3) is 0.462. The van der Waals surface area contributed by atoms with E-state index in [0.29, 0.717) is 10.6 Å². The van der Waals surface area contributed by atoms with Crippen molar-refractivity contribution in [1.82, 2.24) is 4.90 Å². The van der Waals surface area contributed by atoms with Gasteiger partial charge in [0, 0.05) is 29.3 Å². The Morgan fingerprint density at radius 1 is 1.44 bits per heavy atom. The third-order valence-electron chi connectivity index (χ3n) is 3.23. The highest BCUT2D eigenvalue weighted by atomic mass is 127. The number of amides is 1. The van der Waals surface area contributed by atoms with Crippen LogP contribution in [0.1, 0.15) is 23.2 Å². The molecule has 3 nitrogen and oxygen atoms in total.